The van der Waals surface area contributed by atoms with E-state index in [-0.39, 0.29) is 23.3 Å². The number of nitrogens with one attached hydrogen (secondary N) is 2. The van der Waals surface area contributed by atoms with Crippen LogP contribution in [0.4, 0.5) is 0 Å². The molecular formula is C15H17N5O2S2. The van der Waals surface area contributed by atoms with Gasteiger partial charge in [0.05, 0.1) is 10.6 Å². The molecule has 3 aromatic rings. The molecular weight excluding hydrogens is 346 g/mol. The van der Waals surface area contributed by atoms with Gasteiger partial charge in [-0.15, -0.1) is 16.4 Å². The van der Waals surface area contributed by atoms with Gasteiger partial charge in [0.1, 0.15) is 11.2 Å². The third-order valence-electron chi connectivity index (χ3n) is 3.50. The minimum atomic E-state index is -0.307. The Kier molecular flexibility index (Phi) is 5.00. The molecule has 0 fully saturated rings. The quantitative estimate of drug-likeness (QED) is 0.655. The molecule has 2 N–H and O–H groups in total. The normalized spacial score (nSPS) is 12.4. The Balaban J connectivity index is 1.85. The van der Waals surface area contributed by atoms with Gasteiger partial charge in [0.15, 0.2) is 0 Å². The van der Waals surface area contributed by atoms with Gasteiger partial charge in [0, 0.05) is 6.04 Å². The van der Waals surface area contributed by atoms with Gasteiger partial charge in [-0.3, -0.25) is 9.59 Å². The van der Waals surface area contributed by atoms with E-state index in [1.807, 2.05) is 31.4 Å². The number of nitrogens with zero attached hydrogens (tertiary/aromatic N) is 3. The second-order valence-corrected chi connectivity index (χ2v) is 7.19. The van der Waals surface area contributed by atoms with E-state index in [1.165, 1.54) is 16.3 Å². The second-order valence-electron chi connectivity index (χ2n) is 5.30. The Morgan fingerprint density at radius 3 is 3.08 bits per heavy atom. The summed E-state index contributed by atoms with van der Waals surface area (Å²) in [7, 11) is 0. The number of rotatable bonds is 6. The Bertz CT molecular complexity index is 900. The van der Waals surface area contributed by atoms with Crippen LogP contribution in [0, 0.1) is 0 Å². The molecule has 1 atom stereocenters. The van der Waals surface area contributed by atoms with Crippen molar-refractivity contribution in [3.63, 3.8) is 0 Å². The Morgan fingerprint density at radius 1 is 1.54 bits per heavy atom. The fourth-order valence-corrected chi connectivity index (χ4v) is 3.48. The number of hydrogen-bond acceptors (Lipinski definition) is 6. The number of aromatic amines is 1. The maximum absolute atomic E-state index is 12.0. The number of H-pyrrole nitrogens is 1. The Labute approximate surface area is 146 Å². The van der Waals surface area contributed by atoms with Gasteiger partial charge >= 0.3 is 0 Å². The molecule has 0 aliphatic carbocycles. The Hall–Kier alpha value is -2.13. The summed E-state index contributed by atoms with van der Waals surface area (Å²) in [5.74, 6) is 0.147. The number of thiophene rings is 1. The van der Waals surface area contributed by atoms with Gasteiger partial charge in [-0.1, -0.05) is 24.8 Å². The summed E-state index contributed by atoms with van der Waals surface area (Å²) >= 11 is 2.79. The van der Waals surface area contributed by atoms with Crippen molar-refractivity contribution >= 4 is 34.5 Å². The van der Waals surface area contributed by atoms with Crippen LogP contribution in [0.1, 0.15) is 20.3 Å². The lowest BCUT2D eigenvalue weighted by Crippen LogP contribution is -2.33. The van der Waals surface area contributed by atoms with E-state index in [2.05, 4.69) is 20.6 Å². The molecule has 7 nitrogen and oxygen atoms in total. The topological polar surface area (TPSA) is 92.1 Å². The van der Waals surface area contributed by atoms with Crippen molar-refractivity contribution in [1.82, 2.24) is 25.1 Å². The third-order valence-corrected chi connectivity index (χ3v) is 5.32. The van der Waals surface area contributed by atoms with E-state index in [4.69, 9.17) is 0 Å². The number of aromatic nitrogens is 4. The molecule has 9 heteroatoms. The highest BCUT2D eigenvalue weighted by Gasteiger charge is 2.14. The van der Waals surface area contributed by atoms with Crippen LogP contribution in [0.5, 0.6) is 0 Å². The number of amides is 1. The monoisotopic (exact) mass is 363 g/mol. The van der Waals surface area contributed by atoms with Gasteiger partial charge in [0.25, 0.3) is 5.56 Å². The Morgan fingerprint density at radius 2 is 2.38 bits per heavy atom. The number of carbonyl (C=O) groups is 1. The van der Waals surface area contributed by atoms with Crippen molar-refractivity contribution in [2.75, 3.05) is 5.75 Å². The summed E-state index contributed by atoms with van der Waals surface area (Å²) in [6.45, 7) is 3.97. The lowest BCUT2D eigenvalue weighted by Gasteiger charge is -2.10. The van der Waals surface area contributed by atoms with Crippen LogP contribution in [0.3, 0.4) is 0 Å². The van der Waals surface area contributed by atoms with Crippen LogP contribution < -0.4 is 10.9 Å². The minimum absolute atomic E-state index is 0.0684. The van der Waals surface area contributed by atoms with Gasteiger partial charge in [-0.2, -0.15) is 5.10 Å². The molecule has 0 aliphatic rings. The zero-order valence-electron chi connectivity index (χ0n) is 13.3. The largest absolute Gasteiger partial charge is 0.353 e. The molecule has 0 saturated heterocycles. The van der Waals surface area contributed by atoms with Crippen molar-refractivity contribution in [3.8, 4) is 10.6 Å². The molecule has 0 unspecified atom stereocenters. The summed E-state index contributed by atoms with van der Waals surface area (Å²) in [6.07, 6.45) is 0.876. The predicted molar refractivity (Wildman–Crippen MR) is 95.5 cm³/mol. The highest BCUT2D eigenvalue weighted by molar-refractivity contribution is 7.99. The predicted octanol–water partition coefficient (Wildman–Crippen LogP) is 2.15. The van der Waals surface area contributed by atoms with Crippen LogP contribution in [0.25, 0.3) is 16.1 Å². The fourth-order valence-electron chi connectivity index (χ4n) is 2.08. The average molecular weight is 363 g/mol. The van der Waals surface area contributed by atoms with E-state index < -0.39 is 0 Å². The first-order valence-corrected chi connectivity index (χ1v) is 9.39. The first-order valence-electron chi connectivity index (χ1n) is 7.53. The highest BCUT2D eigenvalue weighted by Crippen LogP contribution is 2.25. The summed E-state index contributed by atoms with van der Waals surface area (Å²) in [5, 5.41) is 16.3. The van der Waals surface area contributed by atoms with Crippen molar-refractivity contribution in [2.45, 2.75) is 31.5 Å². The summed E-state index contributed by atoms with van der Waals surface area (Å²) in [6, 6.07) is 5.74. The number of thioether (sulfide) groups is 1. The van der Waals surface area contributed by atoms with Crippen LogP contribution in [0.15, 0.2) is 33.5 Å². The molecule has 0 saturated carbocycles. The van der Waals surface area contributed by atoms with Crippen LogP contribution in [-0.4, -0.2) is 37.5 Å². The lowest BCUT2D eigenvalue weighted by atomic mass is 10.3. The minimum Gasteiger partial charge on any atom is -0.353 e. The van der Waals surface area contributed by atoms with E-state index in [9.17, 15) is 9.59 Å². The molecule has 3 heterocycles. The van der Waals surface area contributed by atoms with Crippen molar-refractivity contribution < 1.29 is 4.79 Å². The summed E-state index contributed by atoms with van der Waals surface area (Å²) in [5.41, 5.74) is 0.825. The molecule has 0 bridgehead atoms. The number of hydrogen-bond donors (Lipinski definition) is 2. The second kappa shape index (κ2) is 7.18. The van der Waals surface area contributed by atoms with Crippen LogP contribution in [0.2, 0.25) is 0 Å². The molecule has 3 aromatic heterocycles. The van der Waals surface area contributed by atoms with Crippen LogP contribution >= 0.6 is 23.1 Å². The van der Waals surface area contributed by atoms with Crippen molar-refractivity contribution in [1.29, 1.82) is 0 Å². The maximum atomic E-state index is 12.0. The molecule has 3 rings (SSSR count). The zero-order valence-corrected chi connectivity index (χ0v) is 14.9. The van der Waals surface area contributed by atoms with Gasteiger partial charge in [-0.25, -0.2) is 9.61 Å². The standard InChI is InChI=1S/C15H17N5O2S2/c1-3-9(2)16-13(21)8-24-15-18-17-14(22)11-7-10(19-20(11)15)12-5-4-6-23-12/h4-7,9H,3,8H2,1-2H3,(H,16,21)(H,17,22)/t9-/m1/s1. The lowest BCUT2D eigenvalue weighted by molar-refractivity contribution is -0.119. The molecule has 0 aliphatic heterocycles. The molecule has 126 valence electrons. The maximum Gasteiger partial charge on any atom is 0.290 e. The first-order chi connectivity index (χ1) is 11.6. The van der Waals surface area contributed by atoms with Crippen molar-refractivity contribution in [3.05, 3.63) is 33.9 Å². The molecule has 0 radical (unpaired) electrons. The van der Waals surface area contributed by atoms with Crippen LogP contribution in [-0.2, 0) is 4.79 Å². The summed E-state index contributed by atoms with van der Waals surface area (Å²) < 4.78 is 1.50. The SMILES string of the molecule is CC[C@@H](C)NC(=O)CSc1n[nH]c(=O)c2cc(-c3cccs3)nn12. The molecule has 1 amide bonds. The zero-order chi connectivity index (χ0) is 17.1. The fraction of sp³-hybridized carbons (Fsp3) is 0.333. The highest BCUT2D eigenvalue weighted by atomic mass is 32.2. The van der Waals surface area contributed by atoms with E-state index in [0.29, 0.717) is 10.7 Å². The van der Waals surface area contributed by atoms with Gasteiger partial charge in [-0.05, 0) is 30.9 Å². The van der Waals surface area contributed by atoms with E-state index >= 15 is 0 Å². The number of carbonyl (C=O) groups excluding carboxylic acids is 1. The van der Waals surface area contributed by atoms with E-state index in [0.717, 1.165) is 17.0 Å². The van der Waals surface area contributed by atoms with Gasteiger partial charge in [0.2, 0.25) is 11.1 Å². The molecule has 0 spiro atoms. The van der Waals surface area contributed by atoms with Crippen molar-refractivity contribution in [2.24, 2.45) is 0 Å². The average Bonchev–Trinajstić information content (AvgIpc) is 3.23. The summed E-state index contributed by atoms with van der Waals surface area (Å²) in [4.78, 5) is 24.9. The molecule has 0 aromatic carbocycles. The van der Waals surface area contributed by atoms with Gasteiger partial charge < -0.3 is 5.32 Å². The molecule has 24 heavy (non-hydrogen) atoms. The smallest absolute Gasteiger partial charge is 0.290 e. The van der Waals surface area contributed by atoms with E-state index in [1.54, 1.807) is 17.4 Å². The third kappa shape index (κ3) is 3.51. The first kappa shape index (κ1) is 16.7. The number of fused-ring (bicyclic) bond motifs is 1.